The lowest BCUT2D eigenvalue weighted by atomic mass is 10.1. The first-order chi connectivity index (χ1) is 16.3. The second-order valence-corrected chi connectivity index (χ2v) is 9.92. The number of nitrogens with zero attached hydrogens (tertiary/aromatic N) is 3. The van der Waals surface area contributed by atoms with E-state index in [1.165, 1.54) is 23.2 Å². The van der Waals surface area contributed by atoms with Gasteiger partial charge < -0.3 is 4.74 Å². The smallest absolute Gasteiger partial charge is 0.450 e. The highest BCUT2D eigenvalue weighted by atomic mass is 32.2. The minimum Gasteiger partial charge on any atom is -0.450 e. The number of imide groups is 1. The van der Waals surface area contributed by atoms with Crippen molar-refractivity contribution in [2.45, 2.75) is 36.2 Å². The van der Waals surface area contributed by atoms with Crippen LogP contribution in [-0.4, -0.2) is 49.1 Å². The molecule has 1 aromatic carbocycles. The van der Waals surface area contributed by atoms with E-state index in [0.717, 1.165) is 17.0 Å². The number of carbonyl (C=O) groups is 3. The quantitative estimate of drug-likeness (QED) is 0.606. The van der Waals surface area contributed by atoms with Crippen LogP contribution in [0, 0.1) is 5.92 Å². The normalized spacial score (nSPS) is 22.0. The molecule has 1 N–H and O–H groups in total. The molecule has 1 aromatic heterocycles. The third-order valence-corrected chi connectivity index (χ3v) is 7.35. The molecule has 2 unspecified atom stereocenters. The van der Waals surface area contributed by atoms with Gasteiger partial charge in [0.05, 0.1) is 22.9 Å². The standard InChI is InChI=1S/C21H19F3N4O6S/c1-3-34-18(30)26-16-10-14(8-9-25-16)28-19(31)27(17(29)20(28)11-12(20)2)13-4-6-15(7-5-13)35(32,33)21(22,23)24/h4-10,12H,3,11H2,1-2H3,(H,25,26,30). The Balaban J connectivity index is 1.68. The van der Waals surface area contributed by atoms with Crippen molar-refractivity contribution >= 4 is 45.1 Å². The molecule has 1 aliphatic carbocycles. The second-order valence-electron chi connectivity index (χ2n) is 7.98. The highest BCUT2D eigenvalue weighted by molar-refractivity contribution is 7.92. The van der Waals surface area contributed by atoms with E-state index < -0.39 is 43.8 Å². The van der Waals surface area contributed by atoms with Crippen LogP contribution in [0.2, 0.25) is 0 Å². The van der Waals surface area contributed by atoms with E-state index >= 15 is 0 Å². The van der Waals surface area contributed by atoms with Gasteiger partial charge in [0.15, 0.2) is 0 Å². The summed E-state index contributed by atoms with van der Waals surface area (Å²) in [7, 11) is -5.59. The summed E-state index contributed by atoms with van der Waals surface area (Å²) in [5.41, 5.74) is -6.54. The maximum Gasteiger partial charge on any atom is 0.501 e. The van der Waals surface area contributed by atoms with E-state index in [4.69, 9.17) is 4.74 Å². The number of nitrogens with one attached hydrogen (secondary N) is 1. The Morgan fingerprint density at radius 1 is 1.20 bits per heavy atom. The summed E-state index contributed by atoms with van der Waals surface area (Å²) in [6.45, 7) is 3.51. The Labute approximate surface area is 197 Å². The van der Waals surface area contributed by atoms with Crippen molar-refractivity contribution in [2.75, 3.05) is 21.7 Å². The van der Waals surface area contributed by atoms with Crippen molar-refractivity contribution in [1.29, 1.82) is 0 Å². The molecule has 4 amide bonds. The number of halogens is 3. The van der Waals surface area contributed by atoms with Crippen molar-refractivity contribution in [3.8, 4) is 0 Å². The van der Waals surface area contributed by atoms with Crippen LogP contribution in [0.5, 0.6) is 0 Å². The minimum atomic E-state index is -5.59. The molecule has 1 spiro atoms. The Bertz CT molecular complexity index is 1320. The van der Waals surface area contributed by atoms with Crippen LogP contribution >= 0.6 is 0 Å². The third-order valence-electron chi connectivity index (χ3n) is 5.84. The van der Waals surface area contributed by atoms with Crippen molar-refractivity contribution in [2.24, 2.45) is 5.92 Å². The first-order valence-corrected chi connectivity index (χ1v) is 11.8. The summed E-state index contributed by atoms with van der Waals surface area (Å²) in [4.78, 5) is 43.5. The van der Waals surface area contributed by atoms with E-state index in [0.29, 0.717) is 18.6 Å². The maximum absolute atomic E-state index is 13.4. The Hall–Kier alpha value is -3.68. The lowest BCUT2D eigenvalue weighted by molar-refractivity contribution is -0.119. The molecule has 0 bridgehead atoms. The van der Waals surface area contributed by atoms with Gasteiger partial charge in [-0.25, -0.2) is 27.9 Å². The monoisotopic (exact) mass is 512 g/mol. The molecule has 186 valence electrons. The molecule has 2 aliphatic rings. The number of hydrogen-bond donors (Lipinski definition) is 1. The molecule has 0 radical (unpaired) electrons. The van der Waals surface area contributed by atoms with Crippen LogP contribution < -0.4 is 15.1 Å². The van der Waals surface area contributed by atoms with E-state index in [-0.39, 0.29) is 29.7 Å². The van der Waals surface area contributed by atoms with E-state index in [9.17, 15) is 36.0 Å². The van der Waals surface area contributed by atoms with Gasteiger partial charge in [-0.15, -0.1) is 0 Å². The fourth-order valence-electron chi connectivity index (χ4n) is 4.04. The minimum absolute atomic E-state index is 0.0739. The first-order valence-electron chi connectivity index (χ1n) is 10.3. The number of pyridine rings is 1. The molecule has 35 heavy (non-hydrogen) atoms. The van der Waals surface area contributed by atoms with Gasteiger partial charge in [-0.1, -0.05) is 6.92 Å². The van der Waals surface area contributed by atoms with E-state index in [1.54, 1.807) is 13.8 Å². The van der Waals surface area contributed by atoms with Crippen LogP contribution in [0.15, 0.2) is 47.5 Å². The number of ether oxygens (including phenoxy) is 1. The summed E-state index contributed by atoms with van der Waals surface area (Å²) < 4.78 is 66.6. The molecular formula is C21H19F3N4O6S. The Kier molecular flexibility index (Phi) is 5.74. The largest absolute Gasteiger partial charge is 0.501 e. The molecule has 2 fully saturated rings. The fourth-order valence-corrected chi connectivity index (χ4v) is 4.80. The number of rotatable bonds is 5. The van der Waals surface area contributed by atoms with Gasteiger partial charge in [0, 0.05) is 12.3 Å². The number of hydrogen-bond acceptors (Lipinski definition) is 7. The van der Waals surface area contributed by atoms with Gasteiger partial charge in [0.25, 0.3) is 15.7 Å². The van der Waals surface area contributed by atoms with Crippen molar-refractivity contribution in [3.05, 3.63) is 42.6 Å². The summed E-state index contributed by atoms with van der Waals surface area (Å²) in [6, 6.07) is 5.40. The van der Waals surface area contributed by atoms with E-state index in [2.05, 4.69) is 10.3 Å². The number of amides is 4. The average Bonchev–Trinajstić information content (AvgIpc) is 3.39. The maximum atomic E-state index is 13.4. The van der Waals surface area contributed by atoms with Crippen LogP contribution in [-0.2, 0) is 19.4 Å². The molecule has 2 aromatic rings. The molecule has 1 aliphatic heterocycles. The molecule has 1 saturated heterocycles. The predicted molar refractivity (Wildman–Crippen MR) is 116 cm³/mol. The average molecular weight is 512 g/mol. The molecule has 2 heterocycles. The highest BCUT2D eigenvalue weighted by Gasteiger charge is 2.70. The lowest BCUT2D eigenvalue weighted by Crippen LogP contribution is -2.39. The van der Waals surface area contributed by atoms with Gasteiger partial charge >= 0.3 is 17.6 Å². The van der Waals surface area contributed by atoms with Gasteiger partial charge in [-0.2, -0.15) is 13.2 Å². The number of urea groups is 1. The topological polar surface area (TPSA) is 126 Å². The van der Waals surface area contributed by atoms with Crippen molar-refractivity contribution < 1.29 is 40.7 Å². The highest BCUT2D eigenvalue weighted by Crippen LogP contribution is 2.55. The fraction of sp³-hybridized carbons (Fsp3) is 0.333. The number of sulfone groups is 1. The Morgan fingerprint density at radius 3 is 2.37 bits per heavy atom. The molecule has 4 rings (SSSR count). The molecular weight excluding hydrogens is 493 g/mol. The number of alkyl halides is 3. The predicted octanol–water partition coefficient (Wildman–Crippen LogP) is 3.70. The first kappa shape index (κ1) is 24.4. The van der Waals surface area contributed by atoms with Gasteiger partial charge in [-0.05, 0) is 49.6 Å². The zero-order valence-corrected chi connectivity index (χ0v) is 19.2. The zero-order valence-electron chi connectivity index (χ0n) is 18.4. The van der Waals surface area contributed by atoms with Crippen LogP contribution in [0.25, 0.3) is 0 Å². The molecule has 2 atom stereocenters. The van der Waals surface area contributed by atoms with Crippen molar-refractivity contribution in [3.63, 3.8) is 0 Å². The SMILES string of the molecule is CCOC(=O)Nc1cc(N2C(=O)N(c3ccc(S(=O)(=O)C(F)(F)F)cc3)C(=O)C23CC3C)ccn1. The van der Waals surface area contributed by atoms with Crippen LogP contribution in [0.1, 0.15) is 20.3 Å². The Morgan fingerprint density at radius 2 is 1.83 bits per heavy atom. The number of benzene rings is 1. The summed E-state index contributed by atoms with van der Waals surface area (Å²) >= 11 is 0. The third kappa shape index (κ3) is 3.87. The number of carbonyl (C=O) groups excluding carboxylic acids is 3. The van der Waals surface area contributed by atoms with E-state index in [1.807, 2.05) is 0 Å². The summed E-state index contributed by atoms with van der Waals surface area (Å²) in [5, 5.41) is 2.41. The summed E-state index contributed by atoms with van der Waals surface area (Å²) in [5.74, 6) is -0.758. The lowest BCUT2D eigenvalue weighted by Gasteiger charge is -2.22. The van der Waals surface area contributed by atoms with Gasteiger partial charge in [-0.3, -0.25) is 15.0 Å². The number of aromatic nitrogens is 1. The van der Waals surface area contributed by atoms with Crippen molar-refractivity contribution in [1.82, 2.24) is 4.98 Å². The molecule has 14 heteroatoms. The second kappa shape index (κ2) is 8.22. The number of anilines is 3. The van der Waals surface area contributed by atoms with Crippen LogP contribution in [0.4, 0.5) is 40.0 Å². The summed E-state index contributed by atoms with van der Waals surface area (Å²) in [6.07, 6.45) is 0.901. The molecule has 10 nitrogen and oxygen atoms in total. The van der Waals surface area contributed by atoms with Crippen LogP contribution in [0.3, 0.4) is 0 Å². The van der Waals surface area contributed by atoms with Gasteiger partial charge in [0.2, 0.25) is 0 Å². The molecule has 1 saturated carbocycles. The zero-order chi connectivity index (χ0) is 25.8. The van der Waals surface area contributed by atoms with Gasteiger partial charge in [0.1, 0.15) is 11.4 Å².